The molecule has 0 aliphatic carbocycles. The Morgan fingerprint density at radius 2 is 2.06 bits per heavy atom. The number of nitrogens with zero attached hydrogens (tertiary/aromatic N) is 1. The van der Waals surface area contributed by atoms with Crippen LogP contribution in [0.5, 0.6) is 0 Å². The van der Waals surface area contributed by atoms with Gasteiger partial charge in [0.25, 0.3) is 5.69 Å². The number of hydrogen-bond donors (Lipinski definition) is 1. The number of esters is 2. The van der Waals surface area contributed by atoms with Gasteiger partial charge in [-0.15, -0.1) is 0 Å². The Balaban J connectivity index is 2.22. The average molecular weight is 236 g/mol. The Kier molecular flexibility index (Phi) is 2.73. The molecule has 88 valence electrons. The van der Waals surface area contributed by atoms with Crippen LogP contribution >= 0.6 is 0 Å². The molecule has 0 bridgehead atoms. The first-order valence-electron chi connectivity index (χ1n) is 4.82. The van der Waals surface area contributed by atoms with E-state index in [1.54, 1.807) is 6.07 Å². The summed E-state index contributed by atoms with van der Waals surface area (Å²) in [5.41, 5.74) is 0.0359. The molecule has 1 atom stereocenters. The molecule has 1 aliphatic heterocycles. The first kappa shape index (κ1) is 11.1. The maximum atomic E-state index is 11.2. The molecule has 1 N–H and O–H groups in total. The van der Waals surface area contributed by atoms with Crippen LogP contribution in [0.2, 0.25) is 0 Å². The predicted molar refractivity (Wildman–Crippen MR) is 56.2 cm³/mol. The van der Waals surface area contributed by atoms with E-state index in [-0.39, 0.29) is 17.8 Å². The number of cyclic esters (lactones) is 2. The molecule has 1 saturated heterocycles. The molecule has 7 nitrogen and oxygen atoms in total. The van der Waals surface area contributed by atoms with Crippen molar-refractivity contribution in [1.82, 2.24) is 0 Å². The van der Waals surface area contributed by atoms with Gasteiger partial charge in [0.2, 0.25) is 0 Å². The van der Waals surface area contributed by atoms with Crippen LogP contribution in [-0.4, -0.2) is 22.9 Å². The second kappa shape index (κ2) is 4.20. The van der Waals surface area contributed by atoms with Crippen LogP contribution in [0.25, 0.3) is 0 Å². The lowest BCUT2D eigenvalue weighted by molar-refractivity contribution is -0.384. The summed E-state index contributed by atoms with van der Waals surface area (Å²) in [6.07, 6.45) is -0.120. The number of benzene rings is 1. The largest absolute Gasteiger partial charge is 0.392 e. The van der Waals surface area contributed by atoms with E-state index in [9.17, 15) is 19.7 Å². The Morgan fingerprint density at radius 1 is 1.35 bits per heavy atom. The highest BCUT2D eigenvalue weighted by atomic mass is 16.6. The summed E-state index contributed by atoms with van der Waals surface area (Å²) in [5, 5.41) is 13.4. The van der Waals surface area contributed by atoms with Crippen molar-refractivity contribution in [3.63, 3.8) is 0 Å². The van der Waals surface area contributed by atoms with Crippen LogP contribution in [0, 0.1) is 10.1 Å². The SMILES string of the molecule is O=C1C[C@H](Nc2ccccc2[N+](=O)[O-])C(=O)O1. The number of ether oxygens (including phenoxy) is 1. The molecular weight excluding hydrogens is 228 g/mol. The zero-order valence-corrected chi connectivity index (χ0v) is 8.58. The standard InChI is InChI=1S/C10H8N2O5/c13-9-5-7(10(14)17-9)11-6-3-1-2-4-8(6)12(15)16/h1-4,7,11H,5H2/t7-/m0/s1. The molecule has 0 spiro atoms. The highest BCUT2D eigenvalue weighted by molar-refractivity contribution is 5.98. The Bertz CT molecular complexity index is 499. The van der Waals surface area contributed by atoms with Gasteiger partial charge in [-0.05, 0) is 6.07 Å². The van der Waals surface area contributed by atoms with E-state index in [1.165, 1.54) is 18.2 Å². The third-order valence-electron chi connectivity index (χ3n) is 2.30. The zero-order chi connectivity index (χ0) is 12.4. The number of carbonyl (C=O) groups is 2. The van der Waals surface area contributed by atoms with E-state index in [0.29, 0.717) is 0 Å². The number of anilines is 1. The summed E-state index contributed by atoms with van der Waals surface area (Å²) in [7, 11) is 0. The van der Waals surface area contributed by atoms with Crippen molar-refractivity contribution in [1.29, 1.82) is 0 Å². The van der Waals surface area contributed by atoms with Gasteiger partial charge in [0.15, 0.2) is 0 Å². The lowest BCUT2D eigenvalue weighted by atomic mass is 10.2. The maximum Gasteiger partial charge on any atom is 0.336 e. The van der Waals surface area contributed by atoms with Gasteiger partial charge in [-0.25, -0.2) is 4.79 Å². The lowest BCUT2D eigenvalue weighted by Crippen LogP contribution is -2.24. The normalized spacial score (nSPS) is 18.9. The van der Waals surface area contributed by atoms with Crippen molar-refractivity contribution in [3.8, 4) is 0 Å². The van der Waals surface area contributed by atoms with E-state index < -0.39 is 22.9 Å². The molecule has 1 fully saturated rings. The van der Waals surface area contributed by atoms with Crippen molar-refractivity contribution >= 4 is 23.3 Å². The Labute approximate surface area is 95.5 Å². The van der Waals surface area contributed by atoms with Crippen molar-refractivity contribution < 1.29 is 19.2 Å². The number of rotatable bonds is 3. The Hall–Kier alpha value is -2.44. The van der Waals surface area contributed by atoms with Gasteiger partial charge in [0.05, 0.1) is 11.3 Å². The second-order valence-corrected chi connectivity index (χ2v) is 3.47. The number of hydrogen-bond acceptors (Lipinski definition) is 6. The van der Waals surface area contributed by atoms with Crippen LogP contribution in [0.3, 0.4) is 0 Å². The minimum absolute atomic E-state index is 0.120. The van der Waals surface area contributed by atoms with E-state index in [2.05, 4.69) is 10.1 Å². The molecule has 1 aromatic rings. The third kappa shape index (κ3) is 2.22. The number of nitrogens with one attached hydrogen (secondary N) is 1. The van der Waals surface area contributed by atoms with E-state index >= 15 is 0 Å². The van der Waals surface area contributed by atoms with Crippen LogP contribution in [-0.2, 0) is 14.3 Å². The number of para-hydroxylation sites is 2. The first-order valence-corrected chi connectivity index (χ1v) is 4.82. The molecule has 0 aromatic heterocycles. The van der Waals surface area contributed by atoms with E-state index in [4.69, 9.17) is 0 Å². The van der Waals surface area contributed by atoms with Crippen molar-refractivity contribution in [2.24, 2.45) is 0 Å². The quantitative estimate of drug-likeness (QED) is 0.361. The molecule has 0 radical (unpaired) electrons. The fourth-order valence-corrected chi connectivity index (χ4v) is 1.53. The topological polar surface area (TPSA) is 98.5 Å². The number of carbonyl (C=O) groups excluding carboxylic acids is 2. The molecule has 2 rings (SSSR count). The highest BCUT2D eigenvalue weighted by Gasteiger charge is 2.34. The molecule has 0 unspecified atom stereocenters. The van der Waals surface area contributed by atoms with Gasteiger partial charge in [0.1, 0.15) is 11.7 Å². The summed E-state index contributed by atoms with van der Waals surface area (Å²) in [4.78, 5) is 32.2. The van der Waals surface area contributed by atoms with Crippen molar-refractivity contribution in [2.45, 2.75) is 12.5 Å². The fraction of sp³-hybridized carbons (Fsp3) is 0.200. The molecule has 1 aromatic carbocycles. The molecule has 7 heteroatoms. The molecule has 17 heavy (non-hydrogen) atoms. The second-order valence-electron chi connectivity index (χ2n) is 3.47. The van der Waals surface area contributed by atoms with Crippen LogP contribution < -0.4 is 5.32 Å². The first-order chi connectivity index (χ1) is 8.08. The summed E-state index contributed by atoms with van der Waals surface area (Å²) in [6, 6.07) is 5.03. The van der Waals surface area contributed by atoms with Crippen LogP contribution in [0.15, 0.2) is 24.3 Å². The number of nitro groups is 1. The van der Waals surface area contributed by atoms with Crippen molar-refractivity contribution in [2.75, 3.05) is 5.32 Å². The average Bonchev–Trinajstić information content (AvgIpc) is 2.58. The molecule has 0 amide bonds. The van der Waals surface area contributed by atoms with Gasteiger partial charge in [0, 0.05) is 6.07 Å². The monoisotopic (exact) mass is 236 g/mol. The third-order valence-corrected chi connectivity index (χ3v) is 2.30. The van der Waals surface area contributed by atoms with E-state index in [0.717, 1.165) is 0 Å². The molecule has 1 aliphatic rings. The maximum absolute atomic E-state index is 11.2. The van der Waals surface area contributed by atoms with Crippen LogP contribution in [0.1, 0.15) is 6.42 Å². The molecular formula is C10H8N2O5. The van der Waals surface area contributed by atoms with Crippen LogP contribution in [0.4, 0.5) is 11.4 Å². The fourth-order valence-electron chi connectivity index (χ4n) is 1.53. The summed E-state index contributed by atoms with van der Waals surface area (Å²) in [5.74, 6) is -1.35. The number of nitro benzene ring substituents is 1. The van der Waals surface area contributed by atoms with Gasteiger partial charge in [-0.2, -0.15) is 0 Å². The van der Waals surface area contributed by atoms with E-state index in [1.807, 2.05) is 0 Å². The minimum Gasteiger partial charge on any atom is -0.392 e. The summed E-state index contributed by atoms with van der Waals surface area (Å²) >= 11 is 0. The predicted octanol–water partition coefficient (Wildman–Crippen LogP) is 0.849. The van der Waals surface area contributed by atoms with Crippen molar-refractivity contribution in [3.05, 3.63) is 34.4 Å². The lowest BCUT2D eigenvalue weighted by Gasteiger charge is -2.09. The highest BCUT2D eigenvalue weighted by Crippen LogP contribution is 2.25. The van der Waals surface area contributed by atoms with Gasteiger partial charge < -0.3 is 10.1 Å². The van der Waals surface area contributed by atoms with Gasteiger partial charge in [-0.1, -0.05) is 12.1 Å². The zero-order valence-electron chi connectivity index (χ0n) is 8.58. The summed E-state index contributed by atoms with van der Waals surface area (Å²) < 4.78 is 4.34. The molecule has 0 saturated carbocycles. The smallest absolute Gasteiger partial charge is 0.336 e. The Morgan fingerprint density at radius 3 is 2.65 bits per heavy atom. The van der Waals surface area contributed by atoms with Gasteiger partial charge in [-0.3, -0.25) is 14.9 Å². The van der Waals surface area contributed by atoms with Gasteiger partial charge >= 0.3 is 11.9 Å². The summed E-state index contributed by atoms with van der Waals surface area (Å²) in [6.45, 7) is 0. The molecule has 1 heterocycles. The minimum atomic E-state index is -0.858.